The van der Waals surface area contributed by atoms with Gasteiger partial charge in [-0.05, 0) is 25.5 Å². The zero-order chi connectivity index (χ0) is 18.0. The summed E-state index contributed by atoms with van der Waals surface area (Å²) >= 11 is 3.46. The number of nitrogens with one attached hydrogen (secondary N) is 2. The van der Waals surface area contributed by atoms with Crippen molar-refractivity contribution in [2.45, 2.75) is 24.1 Å². The monoisotopic (exact) mass is 520 g/mol. The first-order valence-electron chi connectivity index (χ1n) is 8.82. The standard InChI is InChI=1S/C18H24N4O2S2.HI/c1-2-19-17(20-7-3-11-25-18-21-8-12-26-18)22-14-5-6-15-16(13-14)24-10-4-9-23-15;/h5-6,8,12-13H,2-4,7,9-11H2,1H3,(H2,19,20,22);1H. The number of halogens is 1. The van der Waals surface area contributed by atoms with Crippen molar-refractivity contribution in [3.8, 4) is 11.5 Å². The Labute approximate surface area is 185 Å². The average Bonchev–Trinajstić information content (AvgIpc) is 3.05. The molecule has 1 aromatic heterocycles. The van der Waals surface area contributed by atoms with Gasteiger partial charge in [0.1, 0.15) is 4.34 Å². The number of aliphatic imine (C=N–C) groups is 1. The third kappa shape index (κ3) is 7.38. The van der Waals surface area contributed by atoms with E-state index in [1.54, 1.807) is 23.1 Å². The summed E-state index contributed by atoms with van der Waals surface area (Å²) in [6.45, 7) is 5.01. The second kappa shape index (κ2) is 12.3. The van der Waals surface area contributed by atoms with Gasteiger partial charge in [-0.1, -0.05) is 11.8 Å². The lowest BCUT2D eigenvalue weighted by Crippen LogP contribution is -2.30. The fourth-order valence-corrected chi connectivity index (χ4v) is 4.01. The van der Waals surface area contributed by atoms with E-state index in [0.29, 0.717) is 13.2 Å². The van der Waals surface area contributed by atoms with Crippen molar-refractivity contribution in [2.24, 2.45) is 4.99 Å². The molecule has 6 nitrogen and oxygen atoms in total. The fraction of sp³-hybridized carbons (Fsp3) is 0.444. The Kier molecular flexibility index (Phi) is 10.1. The Bertz CT molecular complexity index is 713. The lowest BCUT2D eigenvalue weighted by atomic mass is 10.3. The summed E-state index contributed by atoms with van der Waals surface area (Å²) in [7, 11) is 0. The first-order valence-corrected chi connectivity index (χ1v) is 10.7. The van der Waals surface area contributed by atoms with E-state index in [-0.39, 0.29) is 24.0 Å². The summed E-state index contributed by atoms with van der Waals surface area (Å²) in [5.41, 5.74) is 0.936. The molecular formula is C18H25IN4O2S2. The number of anilines is 1. The molecule has 0 aliphatic carbocycles. The molecule has 0 unspecified atom stereocenters. The Morgan fingerprint density at radius 2 is 2.15 bits per heavy atom. The van der Waals surface area contributed by atoms with Gasteiger partial charge in [0.15, 0.2) is 17.5 Å². The van der Waals surface area contributed by atoms with Gasteiger partial charge < -0.3 is 20.1 Å². The van der Waals surface area contributed by atoms with E-state index in [4.69, 9.17) is 9.47 Å². The number of aromatic nitrogens is 1. The second-order valence-corrected chi connectivity index (χ2v) is 7.83. The maximum absolute atomic E-state index is 5.75. The minimum Gasteiger partial charge on any atom is -0.490 e. The minimum absolute atomic E-state index is 0. The highest BCUT2D eigenvalue weighted by Gasteiger charge is 2.11. The van der Waals surface area contributed by atoms with E-state index in [1.807, 2.05) is 29.8 Å². The number of guanidine groups is 1. The normalized spacial score (nSPS) is 13.4. The van der Waals surface area contributed by atoms with Crippen LogP contribution in [0.1, 0.15) is 19.8 Å². The number of thioether (sulfide) groups is 1. The number of ether oxygens (including phenoxy) is 2. The van der Waals surface area contributed by atoms with Crippen LogP contribution in [0, 0.1) is 0 Å². The molecule has 1 aliphatic heterocycles. The molecule has 0 saturated carbocycles. The van der Waals surface area contributed by atoms with Crippen molar-refractivity contribution in [3.05, 3.63) is 29.8 Å². The van der Waals surface area contributed by atoms with E-state index >= 15 is 0 Å². The molecule has 1 aliphatic rings. The number of fused-ring (bicyclic) bond motifs is 1. The predicted molar refractivity (Wildman–Crippen MR) is 125 cm³/mol. The van der Waals surface area contributed by atoms with Gasteiger partial charge in [-0.2, -0.15) is 0 Å². The molecule has 0 saturated heterocycles. The van der Waals surface area contributed by atoms with Gasteiger partial charge in [0.2, 0.25) is 0 Å². The number of nitrogens with zero attached hydrogens (tertiary/aromatic N) is 2. The van der Waals surface area contributed by atoms with Gasteiger partial charge in [0, 0.05) is 48.6 Å². The third-order valence-electron chi connectivity index (χ3n) is 3.56. The summed E-state index contributed by atoms with van der Waals surface area (Å²) in [5.74, 6) is 3.37. The molecule has 2 aromatic rings. The molecule has 0 spiro atoms. The first-order chi connectivity index (χ1) is 12.8. The number of thiazole rings is 1. The largest absolute Gasteiger partial charge is 0.490 e. The fourth-order valence-electron chi connectivity index (χ4n) is 2.38. The maximum Gasteiger partial charge on any atom is 0.195 e. The summed E-state index contributed by atoms with van der Waals surface area (Å²) in [4.78, 5) is 8.93. The van der Waals surface area contributed by atoms with Crippen LogP contribution in [0.25, 0.3) is 0 Å². The molecule has 0 bridgehead atoms. The van der Waals surface area contributed by atoms with Gasteiger partial charge in [0.05, 0.1) is 13.2 Å². The quantitative estimate of drug-likeness (QED) is 0.185. The molecule has 0 atom stereocenters. The number of rotatable bonds is 7. The summed E-state index contributed by atoms with van der Waals surface area (Å²) < 4.78 is 12.5. The minimum atomic E-state index is 0. The van der Waals surface area contributed by atoms with Gasteiger partial charge in [-0.3, -0.25) is 4.99 Å². The second-order valence-electron chi connectivity index (χ2n) is 5.60. The van der Waals surface area contributed by atoms with Crippen LogP contribution in [-0.2, 0) is 0 Å². The molecule has 0 radical (unpaired) electrons. The molecular weight excluding hydrogens is 495 g/mol. The zero-order valence-corrected chi connectivity index (χ0v) is 19.2. The summed E-state index contributed by atoms with van der Waals surface area (Å²) in [6, 6.07) is 5.89. The Morgan fingerprint density at radius 3 is 2.93 bits per heavy atom. The highest BCUT2D eigenvalue weighted by atomic mass is 127. The molecule has 0 amide bonds. The molecule has 148 valence electrons. The first kappa shape index (κ1) is 22.1. The van der Waals surface area contributed by atoms with Crippen LogP contribution in [0.4, 0.5) is 5.69 Å². The highest BCUT2D eigenvalue weighted by molar-refractivity contribution is 14.0. The zero-order valence-electron chi connectivity index (χ0n) is 15.3. The van der Waals surface area contributed by atoms with Crippen LogP contribution in [0.15, 0.2) is 39.1 Å². The van der Waals surface area contributed by atoms with Crippen LogP contribution in [0.5, 0.6) is 11.5 Å². The molecule has 3 rings (SSSR count). The van der Waals surface area contributed by atoms with E-state index in [2.05, 4.69) is 27.5 Å². The molecule has 0 fully saturated rings. The van der Waals surface area contributed by atoms with Crippen molar-refractivity contribution in [2.75, 3.05) is 37.4 Å². The lowest BCUT2D eigenvalue weighted by molar-refractivity contribution is 0.297. The van der Waals surface area contributed by atoms with E-state index < -0.39 is 0 Å². The lowest BCUT2D eigenvalue weighted by Gasteiger charge is -2.13. The Hall–Kier alpha value is -1.20. The van der Waals surface area contributed by atoms with Gasteiger partial charge in [0.25, 0.3) is 0 Å². The van der Waals surface area contributed by atoms with E-state index in [9.17, 15) is 0 Å². The highest BCUT2D eigenvalue weighted by Crippen LogP contribution is 2.32. The van der Waals surface area contributed by atoms with Crippen LogP contribution >= 0.6 is 47.1 Å². The number of benzene rings is 1. The molecule has 27 heavy (non-hydrogen) atoms. The molecule has 9 heteroatoms. The van der Waals surface area contributed by atoms with Crippen molar-refractivity contribution in [1.29, 1.82) is 0 Å². The SMILES string of the molecule is CCNC(=NCCCSc1nccs1)Nc1ccc2c(c1)OCCCO2.I. The van der Waals surface area contributed by atoms with E-state index in [1.165, 1.54) is 0 Å². The predicted octanol–water partition coefficient (Wildman–Crippen LogP) is 4.48. The van der Waals surface area contributed by atoms with E-state index in [0.717, 1.165) is 59.2 Å². The van der Waals surface area contributed by atoms with Gasteiger partial charge in [-0.25, -0.2) is 4.98 Å². The van der Waals surface area contributed by atoms with Crippen LogP contribution in [0.3, 0.4) is 0 Å². The third-order valence-corrected chi connectivity index (χ3v) is 5.61. The smallest absolute Gasteiger partial charge is 0.195 e. The summed E-state index contributed by atoms with van der Waals surface area (Å²) in [5, 5.41) is 8.62. The van der Waals surface area contributed by atoms with Crippen LogP contribution in [-0.4, -0.2) is 43.0 Å². The van der Waals surface area contributed by atoms with Crippen molar-refractivity contribution in [3.63, 3.8) is 0 Å². The summed E-state index contributed by atoms with van der Waals surface area (Å²) in [6.07, 6.45) is 3.75. The number of hydrogen-bond acceptors (Lipinski definition) is 6. The van der Waals surface area contributed by atoms with Crippen molar-refractivity contribution in [1.82, 2.24) is 10.3 Å². The van der Waals surface area contributed by atoms with Crippen LogP contribution in [0.2, 0.25) is 0 Å². The maximum atomic E-state index is 5.75. The molecule has 2 heterocycles. The van der Waals surface area contributed by atoms with Gasteiger partial charge >= 0.3 is 0 Å². The molecule has 1 aromatic carbocycles. The van der Waals surface area contributed by atoms with Gasteiger partial charge in [-0.15, -0.1) is 35.3 Å². The van der Waals surface area contributed by atoms with Crippen molar-refractivity contribution < 1.29 is 9.47 Å². The Morgan fingerprint density at radius 1 is 1.30 bits per heavy atom. The van der Waals surface area contributed by atoms with Crippen molar-refractivity contribution >= 4 is 58.7 Å². The Balaban J connectivity index is 0.00000261. The average molecular weight is 520 g/mol. The topological polar surface area (TPSA) is 67.8 Å². The number of hydrogen-bond donors (Lipinski definition) is 2. The van der Waals surface area contributed by atoms with Crippen LogP contribution < -0.4 is 20.1 Å². The molecule has 2 N–H and O–H groups in total.